The van der Waals surface area contributed by atoms with Crippen molar-refractivity contribution in [2.45, 2.75) is 6.92 Å². The number of benzene rings is 1. The highest BCUT2D eigenvalue weighted by Gasteiger charge is 2.20. The van der Waals surface area contributed by atoms with E-state index in [1.807, 2.05) is 37.3 Å². The lowest BCUT2D eigenvalue weighted by Crippen LogP contribution is -2.47. The smallest absolute Gasteiger partial charge is 0.292 e. The number of halogens is 1. The van der Waals surface area contributed by atoms with Crippen molar-refractivity contribution in [3.05, 3.63) is 64.1 Å². The molecule has 0 unspecified atom stereocenters. The van der Waals surface area contributed by atoms with Crippen LogP contribution >= 0.6 is 11.6 Å². The zero-order chi connectivity index (χ0) is 16.9. The molecule has 0 N–H and O–H groups in total. The summed E-state index contributed by atoms with van der Waals surface area (Å²) in [5, 5.41) is 4.54. The monoisotopic (exact) mass is 344 g/mol. The average Bonchev–Trinajstić information content (AvgIpc) is 2.63. The fraction of sp³-hybridized carbons (Fsp3) is 0.333. The highest BCUT2D eigenvalue weighted by molar-refractivity contribution is 6.33. The summed E-state index contributed by atoms with van der Waals surface area (Å²) >= 11 is 6.36. The van der Waals surface area contributed by atoms with E-state index in [4.69, 9.17) is 11.6 Å². The van der Waals surface area contributed by atoms with Gasteiger partial charge in [0.25, 0.3) is 5.56 Å². The van der Waals surface area contributed by atoms with Gasteiger partial charge in [0.05, 0.1) is 17.6 Å². The Morgan fingerprint density at radius 3 is 2.54 bits per heavy atom. The van der Waals surface area contributed by atoms with Gasteiger partial charge in [-0.05, 0) is 19.1 Å². The molecule has 1 fully saturated rings. The van der Waals surface area contributed by atoms with Gasteiger partial charge in [-0.15, -0.1) is 0 Å². The zero-order valence-electron chi connectivity index (χ0n) is 13.7. The molecule has 1 aliphatic heterocycles. The number of nitrogens with zero attached hydrogens (tertiary/aromatic N) is 4. The summed E-state index contributed by atoms with van der Waals surface area (Å²) < 4.78 is 1.34. The van der Waals surface area contributed by atoms with Crippen molar-refractivity contribution in [3.63, 3.8) is 0 Å². The minimum atomic E-state index is -0.281. The van der Waals surface area contributed by atoms with Gasteiger partial charge in [0.15, 0.2) is 0 Å². The lowest BCUT2D eigenvalue weighted by Gasteiger charge is -2.35. The van der Waals surface area contributed by atoms with Gasteiger partial charge in [0.2, 0.25) is 0 Å². The van der Waals surface area contributed by atoms with E-state index in [1.54, 1.807) is 6.20 Å². The third-order valence-corrected chi connectivity index (χ3v) is 4.57. The van der Waals surface area contributed by atoms with E-state index in [0.29, 0.717) is 5.69 Å². The Kier molecular flexibility index (Phi) is 5.33. The first kappa shape index (κ1) is 16.7. The number of hydrogen-bond donors (Lipinski definition) is 0. The van der Waals surface area contributed by atoms with Crippen LogP contribution in [0.5, 0.6) is 0 Å². The lowest BCUT2D eigenvalue weighted by molar-refractivity contribution is 0.284. The third kappa shape index (κ3) is 3.52. The third-order valence-electron chi connectivity index (χ3n) is 4.21. The van der Waals surface area contributed by atoms with Crippen LogP contribution in [0, 0.1) is 0 Å². The van der Waals surface area contributed by atoms with Crippen LogP contribution in [0.2, 0.25) is 5.02 Å². The maximum Gasteiger partial charge on any atom is 0.292 e. The zero-order valence-corrected chi connectivity index (χ0v) is 14.5. The Balaban J connectivity index is 1.79. The highest BCUT2D eigenvalue weighted by atomic mass is 35.5. The fourth-order valence-corrected chi connectivity index (χ4v) is 3.07. The van der Waals surface area contributed by atoms with Crippen molar-refractivity contribution in [1.82, 2.24) is 14.7 Å². The minimum absolute atomic E-state index is 0.232. The summed E-state index contributed by atoms with van der Waals surface area (Å²) in [5.74, 6) is 0. The van der Waals surface area contributed by atoms with E-state index < -0.39 is 0 Å². The van der Waals surface area contributed by atoms with Crippen LogP contribution in [0.4, 0.5) is 5.69 Å². The summed E-state index contributed by atoms with van der Waals surface area (Å²) in [6.07, 6.45) is 5.92. The van der Waals surface area contributed by atoms with Crippen molar-refractivity contribution in [3.8, 4) is 5.69 Å². The fourth-order valence-electron chi connectivity index (χ4n) is 2.82. The average molecular weight is 345 g/mol. The minimum Gasteiger partial charge on any atom is -0.366 e. The van der Waals surface area contributed by atoms with Gasteiger partial charge in [0, 0.05) is 32.7 Å². The van der Waals surface area contributed by atoms with E-state index in [-0.39, 0.29) is 10.6 Å². The number of hydrogen-bond acceptors (Lipinski definition) is 4. The predicted octanol–water partition coefficient (Wildman–Crippen LogP) is 2.58. The Morgan fingerprint density at radius 1 is 1.17 bits per heavy atom. The number of anilines is 1. The van der Waals surface area contributed by atoms with Crippen molar-refractivity contribution >= 4 is 17.3 Å². The molecule has 2 heterocycles. The maximum absolute atomic E-state index is 12.6. The van der Waals surface area contributed by atoms with Gasteiger partial charge in [-0.1, -0.05) is 42.0 Å². The molecule has 126 valence electrons. The number of allylic oxidation sites excluding steroid dienone is 1. The van der Waals surface area contributed by atoms with Crippen molar-refractivity contribution in [2.24, 2.45) is 0 Å². The maximum atomic E-state index is 12.6. The number of para-hydroxylation sites is 1. The molecule has 0 radical (unpaired) electrons. The Morgan fingerprint density at radius 2 is 1.88 bits per heavy atom. The second kappa shape index (κ2) is 7.64. The Labute approximate surface area is 146 Å². The number of piperazine rings is 1. The summed E-state index contributed by atoms with van der Waals surface area (Å²) in [5.41, 5.74) is 1.16. The van der Waals surface area contributed by atoms with Crippen LogP contribution in [-0.4, -0.2) is 47.4 Å². The molecule has 1 aromatic carbocycles. The van der Waals surface area contributed by atoms with Gasteiger partial charge in [-0.25, -0.2) is 0 Å². The van der Waals surface area contributed by atoms with Gasteiger partial charge in [-0.3, -0.25) is 9.69 Å². The highest BCUT2D eigenvalue weighted by Crippen LogP contribution is 2.23. The van der Waals surface area contributed by atoms with Gasteiger partial charge in [0.1, 0.15) is 5.02 Å². The SMILES string of the molecule is C/C=C/CN1CCN(c2cnn(-c3ccccc3)c(=O)c2Cl)CC1. The van der Waals surface area contributed by atoms with Crippen LogP contribution in [-0.2, 0) is 0 Å². The summed E-state index contributed by atoms with van der Waals surface area (Å²) in [7, 11) is 0. The molecule has 1 saturated heterocycles. The Hall–Kier alpha value is -2.11. The quantitative estimate of drug-likeness (QED) is 0.799. The first-order valence-corrected chi connectivity index (χ1v) is 8.50. The second-order valence-electron chi connectivity index (χ2n) is 5.75. The van der Waals surface area contributed by atoms with Crippen LogP contribution in [0.15, 0.2) is 53.5 Å². The Bertz CT molecular complexity index is 764. The normalized spacial score (nSPS) is 16.0. The molecule has 2 aromatic rings. The van der Waals surface area contributed by atoms with Crippen LogP contribution in [0.25, 0.3) is 5.69 Å². The summed E-state index contributed by atoms with van der Waals surface area (Å²) in [4.78, 5) is 17.1. The molecule has 24 heavy (non-hydrogen) atoms. The summed E-state index contributed by atoms with van der Waals surface area (Å²) in [6, 6.07) is 9.32. The summed E-state index contributed by atoms with van der Waals surface area (Å²) in [6.45, 7) is 6.57. The van der Waals surface area contributed by atoms with Crippen molar-refractivity contribution in [1.29, 1.82) is 0 Å². The largest absolute Gasteiger partial charge is 0.366 e. The molecule has 0 saturated carbocycles. The number of aromatic nitrogens is 2. The molecule has 1 aromatic heterocycles. The predicted molar refractivity (Wildman–Crippen MR) is 98.3 cm³/mol. The van der Waals surface area contributed by atoms with Crippen LogP contribution in [0.1, 0.15) is 6.92 Å². The lowest BCUT2D eigenvalue weighted by atomic mass is 10.2. The van der Waals surface area contributed by atoms with Crippen LogP contribution in [0.3, 0.4) is 0 Å². The molecular weight excluding hydrogens is 324 g/mol. The molecule has 0 bridgehead atoms. The molecule has 0 atom stereocenters. The first-order valence-electron chi connectivity index (χ1n) is 8.12. The first-order chi connectivity index (χ1) is 11.7. The van der Waals surface area contributed by atoms with Crippen molar-refractivity contribution < 1.29 is 0 Å². The van der Waals surface area contributed by atoms with Gasteiger partial charge < -0.3 is 4.90 Å². The molecule has 6 heteroatoms. The van der Waals surface area contributed by atoms with Crippen molar-refractivity contribution in [2.75, 3.05) is 37.6 Å². The molecular formula is C18H21ClN4O. The van der Waals surface area contributed by atoms with E-state index >= 15 is 0 Å². The molecule has 0 spiro atoms. The van der Waals surface area contributed by atoms with E-state index in [1.165, 1.54) is 4.68 Å². The molecule has 5 nitrogen and oxygen atoms in total. The number of rotatable bonds is 4. The van der Waals surface area contributed by atoms with E-state index in [2.05, 4.69) is 27.1 Å². The molecule has 3 rings (SSSR count). The second-order valence-corrected chi connectivity index (χ2v) is 6.13. The van der Waals surface area contributed by atoms with Crippen LogP contribution < -0.4 is 10.5 Å². The van der Waals surface area contributed by atoms with Gasteiger partial charge in [-0.2, -0.15) is 9.78 Å². The van der Waals surface area contributed by atoms with E-state index in [9.17, 15) is 4.79 Å². The van der Waals surface area contributed by atoms with E-state index in [0.717, 1.165) is 38.4 Å². The molecule has 0 amide bonds. The van der Waals surface area contributed by atoms with Gasteiger partial charge >= 0.3 is 0 Å². The topological polar surface area (TPSA) is 41.4 Å². The molecule has 1 aliphatic rings. The standard InChI is InChI=1S/C18H21ClN4O/c1-2-3-9-21-10-12-22(13-11-21)16-14-20-23(18(24)17(16)19)15-7-5-4-6-8-15/h2-8,14H,9-13H2,1H3/b3-2+. The molecule has 0 aliphatic carbocycles.